The Morgan fingerprint density at radius 1 is 0.920 bits per heavy atom. The van der Waals surface area contributed by atoms with Gasteiger partial charge in [0.15, 0.2) is 5.82 Å². The Labute approximate surface area is 145 Å². The molecule has 0 amide bonds. The molecule has 0 spiro atoms. The molecule has 0 aliphatic carbocycles. The summed E-state index contributed by atoms with van der Waals surface area (Å²) >= 11 is 0. The fraction of sp³-hybridized carbons (Fsp3) is 0.211. The molecule has 5 nitrogen and oxygen atoms in total. The molecule has 0 saturated carbocycles. The summed E-state index contributed by atoms with van der Waals surface area (Å²) < 4.78 is 18.7. The van der Waals surface area contributed by atoms with Crippen LogP contribution in [-0.2, 0) is 4.74 Å². The fourth-order valence-corrected chi connectivity index (χ4v) is 2.77. The average Bonchev–Trinajstić information content (AvgIpc) is 2.69. The molecular formula is C19H17FN4O. The van der Waals surface area contributed by atoms with Crippen molar-refractivity contribution >= 4 is 5.82 Å². The van der Waals surface area contributed by atoms with Crippen molar-refractivity contribution in [2.45, 2.75) is 0 Å². The van der Waals surface area contributed by atoms with Gasteiger partial charge in [0.2, 0.25) is 0 Å². The fourth-order valence-electron chi connectivity index (χ4n) is 2.77. The first kappa shape index (κ1) is 15.7. The standard InChI is InChI=1S/C19H17FN4O/c20-15-6-4-14(5-7-15)17-13-18(24-9-11-25-12-10-24)23-19(22-17)16-3-1-2-8-21-16/h1-8,13H,9-12H2. The van der Waals surface area contributed by atoms with Gasteiger partial charge >= 0.3 is 0 Å². The molecule has 4 rings (SSSR count). The number of aromatic nitrogens is 3. The topological polar surface area (TPSA) is 51.1 Å². The van der Waals surface area contributed by atoms with Crippen molar-refractivity contribution in [3.05, 3.63) is 60.5 Å². The lowest BCUT2D eigenvalue weighted by Crippen LogP contribution is -2.36. The number of rotatable bonds is 3. The van der Waals surface area contributed by atoms with E-state index >= 15 is 0 Å². The Morgan fingerprint density at radius 2 is 1.72 bits per heavy atom. The van der Waals surface area contributed by atoms with Crippen LogP contribution in [0.25, 0.3) is 22.8 Å². The largest absolute Gasteiger partial charge is 0.378 e. The first-order chi connectivity index (χ1) is 12.3. The summed E-state index contributed by atoms with van der Waals surface area (Å²) in [4.78, 5) is 15.9. The van der Waals surface area contributed by atoms with Gasteiger partial charge in [-0.1, -0.05) is 6.07 Å². The molecule has 25 heavy (non-hydrogen) atoms. The van der Waals surface area contributed by atoms with E-state index in [9.17, 15) is 4.39 Å². The maximum atomic E-state index is 13.3. The Balaban J connectivity index is 1.81. The molecule has 0 bridgehead atoms. The Bertz CT molecular complexity index is 849. The van der Waals surface area contributed by atoms with Gasteiger partial charge in [0.1, 0.15) is 17.3 Å². The van der Waals surface area contributed by atoms with Gasteiger partial charge < -0.3 is 9.64 Å². The van der Waals surface area contributed by atoms with Crippen LogP contribution in [0.3, 0.4) is 0 Å². The third-order valence-corrected chi connectivity index (χ3v) is 4.08. The molecule has 6 heteroatoms. The average molecular weight is 336 g/mol. The van der Waals surface area contributed by atoms with Crippen molar-refractivity contribution < 1.29 is 9.13 Å². The molecule has 1 aliphatic rings. The molecule has 3 heterocycles. The summed E-state index contributed by atoms with van der Waals surface area (Å²) in [5, 5.41) is 0. The number of hydrogen-bond donors (Lipinski definition) is 0. The minimum atomic E-state index is -0.267. The summed E-state index contributed by atoms with van der Waals surface area (Å²) in [6, 6.07) is 13.9. The van der Waals surface area contributed by atoms with E-state index in [-0.39, 0.29) is 5.82 Å². The van der Waals surface area contributed by atoms with Crippen LogP contribution < -0.4 is 4.90 Å². The predicted octanol–water partition coefficient (Wildman–Crippen LogP) is 3.18. The van der Waals surface area contributed by atoms with Crippen molar-refractivity contribution in [1.29, 1.82) is 0 Å². The second-order valence-electron chi connectivity index (χ2n) is 5.76. The minimum Gasteiger partial charge on any atom is -0.378 e. The van der Waals surface area contributed by atoms with Gasteiger partial charge in [-0.05, 0) is 36.4 Å². The molecule has 126 valence electrons. The van der Waals surface area contributed by atoms with Crippen LogP contribution in [0.5, 0.6) is 0 Å². The number of anilines is 1. The van der Waals surface area contributed by atoms with E-state index in [1.807, 2.05) is 24.3 Å². The number of nitrogens with zero attached hydrogens (tertiary/aromatic N) is 4. The van der Waals surface area contributed by atoms with E-state index in [0.717, 1.165) is 30.2 Å². The minimum absolute atomic E-state index is 0.267. The number of pyridine rings is 1. The Hall–Kier alpha value is -2.86. The Kier molecular flexibility index (Phi) is 4.35. The number of halogens is 1. The molecule has 2 aromatic heterocycles. The van der Waals surface area contributed by atoms with Gasteiger partial charge in [-0.2, -0.15) is 0 Å². The lowest BCUT2D eigenvalue weighted by Gasteiger charge is -2.28. The van der Waals surface area contributed by atoms with Crippen LogP contribution in [0.1, 0.15) is 0 Å². The highest BCUT2D eigenvalue weighted by Gasteiger charge is 2.16. The highest BCUT2D eigenvalue weighted by molar-refractivity contribution is 5.66. The van der Waals surface area contributed by atoms with Crippen LogP contribution in [0, 0.1) is 5.82 Å². The normalized spacial score (nSPS) is 14.5. The molecule has 0 unspecified atom stereocenters. The summed E-state index contributed by atoms with van der Waals surface area (Å²) in [6.07, 6.45) is 1.72. The van der Waals surface area contributed by atoms with E-state index in [4.69, 9.17) is 9.72 Å². The lowest BCUT2D eigenvalue weighted by atomic mass is 10.1. The van der Waals surface area contributed by atoms with Gasteiger partial charge in [-0.25, -0.2) is 14.4 Å². The first-order valence-corrected chi connectivity index (χ1v) is 8.19. The van der Waals surface area contributed by atoms with E-state index in [1.54, 1.807) is 18.3 Å². The maximum absolute atomic E-state index is 13.3. The van der Waals surface area contributed by atoms with Crippen LogP contribution in [0.2, 0.25) is 0 Å². The number of ether oxygens (including phenoxy) is 1. The zero-order valence-electron chi connectivity index (χ0n) is 13.6. The van der Waals surface area contributed by atoms with E-state index < -0.39 is 0 Å². The molecule has 1 aromatic carbocycles. The van der Waals surface area contributed by atoms with E-state index in [1.165, 1.54) is 12.1 Å². The molecule has 0 radical (unpaired) electrons. The van der Waals surface area contributed by atoms with E-state index in [0.29, 0.717) is 24.7 Å². The zero-order chi connectivity index (χ0) is 17.1. The third-order valence-electron chi connectivity index (χ3n) is 4.08. The molecule has 1 aliphatic heterocycles. The third kappa shape index (κ3) is 3.49. The smallest absolute Gasteiger partial charge is 0.180 e. The number of benzene rings is 1. The van der Waals surface area contributed by atoms with Gasteiger partial charge in [0.05, 0.1) is 18.9 Å². The Morgan fingerprint density at radius 3 is 2.44 bits per heavy atom. The van der Waals surface area contributed by atoms with Crippen molar-refractivity contribution in [2.24, 2.45) is 0 Å². The molecule has 0 atom stereocenters. The maximum Gasteiger partial charge on any atom is 0.180 e. The predicted molar refractivity (Wildman–Crippen MR) is 93.7 cm³/mol. The summed E-state index contributed by atoms with van der Waals surface area (Å²) in [5.41, 5.74) is 2.30. The first-order valence-electron chi connectivity index (χ1n) is 8.19. The van der Waals surface area contributed by atoms with Crippen LogP contribution in [0.15, 0.2) is 54.7 Å². The molecular weight excluding hydrogens is 319 g/mol. The molecule has 1 fully saturated rings. The zero-order valence-corrected chi connectivity index (χ0v) is 13.6. The van der Waals surface area contributed by atoms with Gasteiger partial charge in [-0.15, -0.1) is 0 Å². The van der Waals surface area contributed by atoms with Crippen LogP contribution in [0.4, 0.5) is 10.2 Å². The van der Waals surface area contributed by atoms with Crippen LogP contribution >= 0.6 is 0 Å². The highest BCUT2D eigenvalue weighted by Crippen LogP contribution is 2.26. The van der Waals surface area contributed by atoms with Gasteiger partial charge in [0, 0.05) is 30.9 Å². The lowest BCUT2D eigenvalue weighted by molar-refractivity contribution is 0.122. The second kappa shape index (κ2) is 6.94. The second-order valence-corrected chi connectivity index (χ2v) is 5.76. The molecule has 1 saturated heterocycles. The van der Waals surface area contributed by atoms with Gasteiger partial charge in [-0.3, -0.25) is 4.98 Å². The molecule has 3 aromatic rings. The summed E-state index contributed by atoms with van der Waals surface area (Å²) in [7, 11) is 0. The SMILES string of the molecule is Fc1ccc(-c2cc(N3CCOCC3)nc(-c3ccccn3)n2)cc1. The number of hydrogen-bond acceptors (Lipinski definition) is 5. The van der Waals surface area contributed by atoms with Crippen molar-refractivity contribution in [2.75, 3.05) is 31.2 Å². The van der Waals surface area contributed by atoms with Gasteiger partial charge in [0.25, 0.3) is 0 Å². The summed E-state index contributed by atoms with van der Waals surface area (Å²) in [6.45, 7) is 2.91. The highest BCUT2D eigenvalue weighted by atomic mass is 19.1. The number of morpholine rings is 1. The molecule has 0 N–H and O–H groups in total. The van der Waals surface area contributed by atoms with E-state index in [2.05, 4.69) is 14.9 Å². The van der Waals surface area contributed by atoms with Crippen molar-refractivity contribution in [1.82, 2.24) is 15.0 Å². The van der Waals surface area contributed by atoms with Crippen molar-refractivity contribution in [3.8, 4) is 22.8 Å². The monoisotopic (exact) mass is 336 g/mol. The summed E-state index contributed by atoms with van der Waals surface area (Å²) in [5.74, 6) is 1.12. The van der Waals surface area contributed by atoms with Crippen LogP contribution in [-0.4, -0.2) is 41.3 Å². The quantitative estimate of drug-likeness (QED) is 0.735. The van der Waals surface area contributed by atoms with Crippen molar-refractivity contribution in [3.63, 3.8) is 0 Å².